The van der Waals surface area contributed by atoms with E-state index in [9.17, 15) is 0 Å². The zero-order valence-corrected chi connectivity index (χ0v) is 8.53. The summed E-state index contributed by atoms with van der Waals surface area (Å²) in [4.78, 5) is 0. The summed E-state index contributed by atoms with van der Waals surface area (Å²) in [5.41, 5.74) is 7.23. The number of rotatable bonds is 1. The van der Waals surface area contributed by atoms with Crippen LogP contribution in [0.5, 0.6) is 0 Å². The van der Waals surface area contributed by atoms with Crippen molar-refractivity contribution in [3.05, 3.63) is 23.8 Å². The Morgan fingerprint density at radius 3 is 2.85 bits per heavy atom. The highest BCUT2D eigenvalue weighted by atomic mass is 32.2. The molecule has 0 aliphatic rings. The number of anilines is 1. The van der Waals surface area contributed by atoms with Crippen molar-refractivity contribution in [1.82, 2.24) is 0 Å². The van der Waals surface area contributed by atoms with E-state index >= 15 is 0 Å². The van der Waals surface area contributed by atoms with Gasteiger partial charge in [0.05, 0.1) is 10.8 Å². The average molecular weight is 211 g/mol. The van der Waals surface area contributed by atoms with Crippen LogP contribution in [-0.2, 0) is 6.61 Å². The number of nitrogens with two attached hydrogens (primary N) is 1. The molecular weight excluding hydrogens is 202 g/mol. The standard InChI is InChI=1S/C9H9NOS2/c10-6-1-5(4-11)7-3-9(12)13-8(7)2-6/h1-3,11-12H,4,10H2. The van der Waals surface area contributed by atoms with E-state index < -0.39 is 0 Å². The lowest BCUT2D eigenvalue weighted by Crippen LogP contribution is -1.88. The minimum atomic E-state index is 0.0193. The third kappa shape index (κ3) is 1.52. The Hall–Kier alpha value is -0.710. The number of thiol groups is 1. The summed E-state index contributed by atoms with van der Waals surface area (Å²) in [5, 5.41) is 10.1. The lowest BCUT2D eigenvalue weighted by atomic mass is 10.1. The van der Waals surface area contributed by atoms with Crippen LogP contribution in [0.3, 0.4) is 0 Å². The molecule has 4 heteroatoms. The molecule has 1 aromatic carbocycles. The van der Waals surface area contributed by atoms with Gasteiger partial charge in [-0.25, -0.2) is 0 Å². The lowest BCUT2D eigenvalue weighted by Gasteiger charge is -2.00. The van der Waals surface area contributed by atoms with Gasteiger partial charge in [0, 0.05) is 10.4 Å². The van der Waals surface area contributed by atoms with Gasteiger partial charge in [-0.2, -0.15) is 0 Å². The molecule has 0 bridgehead atoms. The van der Waals surface area contributed by atoms with Gasteiger partial charge >= 0.3 is 0 Å². The molecule has 0 aliphatic heterocycles. The van der Waals surface area contributed by atoms with Crippen molar-refractivity contribution in [2.45, 2.75) is 10.8 Å². The van der Waals surface area contributed by atoms with E-state index in [2.05, 4.69) is 12.6 Å². The summed E-state index contributed by atoms with van der Waals surface area (Å²) in [6, 6.07) is 5.65. The largest absolute Gasteiger partial charge is 0.399 e. The first kappa shape index (κ1) is 8.87. The fraction of sp³-hybridized carbons (Fsp3) is 0.111. The number of benzene rings is 1. The first-order valence-electron chi connectivity index (χ1n) is 3.82. The monoisotopic (exact) mass is 211 g/mol. The molecule has 2 rings (SSSR count). The van der Waals surface area contributed by atoms with E-state index in [0.717, 1.165) is 19.9 Å². The quantitative estimate of drug-likeness (QED) is 0.500. The Morgan fingerprint density at radius 1 is 1.38 bits per heavy atom. The molecule has 0 unspecified atom stereocenters. The maximum absolute atomic E-state index is 9.09. The summed E-state index contributed by atoms with van der Waals surface area (Å²) in [7, 11) is 0. The number of aliphatic hydroxyl groups is 1. The molecule has 0 spiro atoms. The van der Waals surface area contributed by atoms with Gasteiger partial charge in [0.1, 0.15) is 0 Å². The van der Waals surface area contributed by atoms with Crippen LogP contribution in [0, 0.1) is 0 Å². The van der Waals surface area contributed by atoms with Crippen LogP contribution >= 0.6 is 24.0 Å². The van der Waals surface area contributed by atoms with Crippen LogP contribution in [0.15, 0.2) is 22.4 Å². The fourth-order valence-corrected chi connectivity index (χ4v) is 2.67. The molecular formula is C9H9NOS2. The lowest BCUT2D eigenvalue weighted by molar-refractivity contribution is 0.283. The molecule has 2 aromatic rings. The molecule has 0 aliphatic carbocycles. The summed E-state index contributed by atoms with van der Waals surface area (Å²) >= 11 is 5.83. The van der Waals surface area contributed by atoms with Crippen LogP contribution < -0.4 is 5.73 Å². The van der Waals surface area contributed by atoms with Gasteiger partial charge < -0.3 is 10.8 Å². The third-order valence-electron chi connectivity index (χ3n) is 1.90. The maximum atomic E-state index is 9.09. The van der Waals surface area contributed by atoms with Gasteiger partial charge in [-0.05, 0) is 29.1 Å². The van der Waals surface area contributed by atoms with E-state index in [4.69, 9.17) is 10.8 Å². The predicted molar refractivity (Wildman–Crippen MR) is 59.4 cm³/mol. The van der Waals surface area contributed by atoms with E-state index in [1.165, 1.54) is 0 Å². The second-order valence-electron chi connectivity index (χ2n) is 2.83. The molecule has 1 heterocycles. The summed E-state index contributed by atoms with van der Waals surface area (Å²) in [6.07, 6.45) is 0. The number of aliphatic hydroxyl groups excluding tert-OH is 1. The molecule has 68 valence electrons. The second kappa shape index (κ2) is 3.21. The van der Waals surface area contributed by atoms with Crippen LogP contribution in [0.2, 0.25) is 0 Å². The van der Waals surface area contributed by atoms with Gasteiger partial charge in [-0.1, -0.05) is 0 Å². The van der Waals surface area contributed by atoms with Gasteiger partial charge in [-0.15, -0.1) is 24.0 Å². The van der Waals surface area contributed by atoms with Gasteiger partial charge in [-0.3, -0.25) is 0 Å². The van der Waals surface area contributed by atoms with Gasteiger partial charge in [0.2, 0.25) is 0 Å². The highest BCUT2D eigenvalue weighted by Gasteiger charge is 2.05. The summed E-state index contributed by atoms with van der Waals surface area (Å²) < 4.78 is 2.02. The molecule has 0 saturated heterocycles. The Kier molecular flexibility index (Phi) is 2.19. The first-order chi connectivity index (χ1) is 6.20. The molecule has 13 heavy (non-hydrogen) atoms. The molecule has 0 radical (unpaired) electrons. The first-order valence-corrected chi connectivity index (χ1v) is 5.09. The van der Waals surface area contributed by atoms with Crippen LogP contribution in [0.25, 0.3) is 10.1 Å². The van der Waals surface area contributed by atoms with Crippen LogP contribution in [0.4, 0.5) is 5.69 Å². The molecule has 3 N–H and O–H groups in total. The molecule has 0 amide bonds. The van der Waals surface area contributed by atoms with Crippen molar-refractivity contribution >= 4 is 39.7 Å². The molecule has 0 atom stereocenters. The number of fused-ring (bicyclic) bond motifs is 1. The normalized spacial score (nSPS) is 10.9. The van der Waals surface area contributed by atoms with Crippen molar-refractivity contribution in [1.29, 1.82) is 0 Å². The zero-order chi connectivity index (χ0) is 9.42. The Balaban J connectivity index is 2.80. The minimum Gasteiger partial charge on any atom is -0.399 e. The van der Waals surface area contributed by atoms with Crippen molar-refractivity contribution < 1.29 is 5.11 Å². The van der Waals surface area contributed by atoms with E-state index in [0.29, 0.717) is 5.69 Å². The average Bonchev–Trinajstić information content (AvgIpc) is 2.43. The molecule has 0 fully saturated rings. The highest BCUT2D eigenvalue weighted by molar-refractivity contribution is 7.83. The van der Waals surface area contributed by atoms with E-state index in [-0.39, 0.29) is 6.61 Å². The van der Waals surface area contributed by atoms with E-state index in [1.807, 2.05) is 12.1 Å². The summed E-state index contributed by atoms with van der Waals surface area (Å²) in [6.45, 7) is 0.0193. The molecule has 2 nitrogen and oxygen atoms in total. The van der Waals surface area contributed by atoms with Crippen molar-refractivity contribution in [2.75, 3.05) is 5.73 Å². The summed E-state index contributed by atoms with van der Waals surface area (Å²) in [5.74, 6) is 0. The number of hydrogen-bond donors (Lipinski definition) is 3. The van der Waals surface area contributed by atoms with Crippen molar-refractivity contribution in [3.63, 3.8) is 0 Å². The van der Waals surface area contributed by atoms with E-state index in [1.54, 1.807) is 17.4 Å². The van der Waals surface area contributed by atoms with Crippen LogP contribution in [0.1, 0.15) is 5.56 Å². The van der Waals surface area contributed by atoms with Gasteiger partial charge in [0.25, 0.3) is 0 Å². The Morgan fingerprint density at radius 2 is 2.15 bits per heavy atom. The number of nitrogen functional groups attached to an aromatic ring is 1. The Labute approximate surface area is 85.4 Å². The second-order valence-corrected chi connectivity index (χ2v) is 4.70. The maximum Gasteiger partial charge on any atom is 0.0688 e. The topological polar surface area (TPSA) is 46.2 Å². The molecule has 1 aromatic heterocycles. The number of thiophene rings is 1. The van der Waals surface area contributed by atoms with Crippen LogP contribution in [-0.4, -0.2) is 5.11 Å². The van der Waals surface area contributed by atoms with Crippen molar-refractivity contribution in [3.8, 4) is 0 Å². The zero-order valence-electron chi connectivity index (χ0n) is 6.82. The number of hydrogen-bond acceptors (Lipinski definition) is 4. The van der Waals surface area contributed by atoms with Crippen molar-refractivity contribution in [2.24, 2.45) is 0 Å². The molecule has 0 saturated carbocycles. The minimum absolute atomic E-state index is 0.0193. The third-order valence-corrected chi connectivity index (χ3v) is 3.19. The predicted octanol–water partition coefficient (Wildman–Crippen LogP) is 2.26. The van der Waals surface area contributed by atoms with Gasteiger partial charge in [0.15, 0.2) is 0 Å². The Bertz CT molecular complexity index is 450. The fourth-order valence-electron chi connectivity index (χ4n) is 1.35. The highest BCUT2D eigenvalue weighted by Crippen LogP contribution is 2.32. The SMILES string of the molecule is Nc1cc(CO)c2cc(S)sc2c1. The smallest absolute Gasteiger partial charge is 0.0688 e.